The van der Waals surface area contributed by atoms with Crippen LogP contribution in [0, 0.1) is 11.8 Å². The first-order valence-corrected chi connectivity index (χ1v) is 25.3. The second-order valence-corrected chi connectivity index (χ2v) is 18.0. The Bertz CT molecular complexity index is 825. The lowest BCUT2D eigenvalue weighted by atomic mass is 9.84. The molecule has 1 saturated heterocycles. The first kappa shape index (κ1) is 52.9. The normalized spacial score (nSPS) is 17.0. The lowest BCUT2D eigenvalue weighted by Gasteiger charge is -2.39. The van der Waals surface area contributed by atoms with Crippen molar-refractivity contribution in [3.05, 3.63) is 0 Å². The Balaban J connectivity index is 2.56. The standard InChI is InChI=1S/C50H98N2O4/c1-5-9-13-17-19-25-36-46(34-23-15-11-7-3)48(53)55-44-31-21-27-38-50(40-33-43-52(50)42-30-29-41-51)39-28-22-32-45-56-49(54)47(35-24-16-12-8-4)37-26-20-18-14-10-6-2/h46-47H,5-45,51H2,1-4H3. The molecule has 0 radical (unpaired) electrons. The number of nitrogens with two attached hydrogens (primary N) is 1. The number of hydrogen-bond acceptors (Lipinski definition) is 6. The third-order valence-corrected chi connectivity index (χ3v) is 13.0. The minimum Gasteiger partial charge on any atom is -0.465 e. The summed E-state index contributed by atoms with van der Waals surface area (Å²) in [5.41, 5.74) is 6.17. The summed E-state index contributed by atoms with van der Waals surface area (Å²) in [4.78, 5) is 29.2. The molecule has 0 aromatic rings. The van der Waals surface area contributed by atoms with Crippen molar-refractivity contribution in [3.8, 4) is 0 Å². The average molecular weight is 791 g/mol. The summed E-state index contributed by atoms with van der Waals surface area (Å²) in [6.45, 7) is 13.3. The maximum absolute atomic E-state index is 13.2. The molecular weight excluding hydrogens is 693 g/mol. The van der Waals surface area contributed by atoms with Crippen LogP contribution in [0.2, 0.25) is 0 Å². The minimum absolute atomic E-state index is 0.0689. The number of rotatable bonds is 42. The van der Waals surface area contributed by atoms with Gasteiger partial charge in [-0.15, -0.1) is 0 Å². The van der Waals surface area contributed by atoms with Crippen molar-refractivity contribution < 1.29 is 19.1 Å². The number of likely N-dealkylation sites (tertiary alicyclic amines) is 1. The van der Waals surface area contributed by atoms with Crippen LogP contribution in [0.4, 0.5) is 0 Å². The Kier molecular flexibility index (Phi) is 36.0. The number of carbonyl (C=O) groups excluding carboxylic acids is 2. The number of hydrogen-bond donors (Lipinski definition) is 1. The van der Waals surface area contributed by atoms with Crippen molar-refractivity contribution in [2.75, 3.05) is 32.8 Å². The predicted molar refractivity (Wildman–Crippen MR) is 241 cm³/mol. The third-order valence-electron chi connectivity index (χ3n) is 13.0. The van der Waals surface area contributed by atoms with Crippen LogP contribution in [0.15, 0.2) is 0 Å². The van der Waals surface area contributed by atoms with Gasteiger partial charge >= 0.3 is 11.9 Å². The number of carbonyl (C=O) groups is 2. The van der Waals surface area contributed by atoms with E-state index >= 15 is 0 Å². The molecule has 6 heteroatoms. The quantitative estimate of drug-likeness (QED) is 0.0490. The lowest BCUT2D eigenvalue weighted by molar-refractivity contribution is -0.150. The van der Waals surface area contributed by atoms with Crippen molar-refractivity contribution in [2.24, 2.45) is 17.6 Å². The molecule has 2 N–H and O–H groups in total. The zero-order chi connectivity index (χ0) is 40.8. The smallest absolute Gasteiger partial charge is 0.308 e. The van der Waals surface area contributed by atoms with Gasteiger partial charge in [0.25, 0.3) is 0 Å². The summed E-state index contributed by atoms with van der Waals surface area (Å²) in [7, 11) is 0. The van der Waals surface area contributed by atoms with Crippen LogP contribution in [-0.2, 0) is 19.1 Å². The van der Waals surface area contributed by atoms with Crippen molar-refractivity contribution in [1.82, 2.24) is 4.90 Å². The van der Waals surface area contributed by atoms with Crippen LogP contribution in [-0.4, -0.2) is 55.2 Å². The van der Waals surface area contributed by atoms with Crippen molar-refractivity contribution in [2.45, 2.75) is 264 Å². The van der Waals surface area contributed by atoms with E-state index in [1.165, 1.54) is 154 Å². The van der Waals surface area contributed by atoms with Gasteiger partial charge in [-0.3, -0.25) is 14.5 Å². The topological polar surface area (TPSA) is 81.9 Å². The fraction of sp³-hybridized carbons (Fsp3) is 0.960. The van der Waals surface area contributed by atoms with Gasteiger partial charge in [0.15, 0.2) is 0 Å². The van der Waals surface area contributed by atoms with Crippen LogP contribution >= 0.6 is 0 Å². The van der Waals surface area contributed by atoms with Gasteiger partial charge in [-0.1, -0.05) is 169 Å². The minimum atomic E-state index is 0.0689. The second kappa shape index (κ2) is 38.1. The van der Waals surface area contributed by atoms with Gasteiger partial charge in [-0.25, -0.2) is 0 Å². The molecular formula is C50H98N2O4. The van der Waals surface area contributed by atoms with Crippen LogP contribution in [0.5, 0.6) is 0 Å². The van der Waals surface area contributed by atoms with Crippen LogP contribution in [0.3, 0.4) is 0 Å². The van der Waals surface area contributed by atoms with E-state index in [0.717, 1.165) is 96.6 Å². The highest BCUT2D eigenvalue weighted by atomic mass is 16.5. The maximum atomic E-state index is 13.2. The molecule has 0 spiro atoms. The molecule has 332 valence electrons. The summed E-state index contributed by atoms with van der Waals surface area (Å²) >= 11 is 0. The molecule has 0 amide bonds. The van der Waals surface area contributed by atoms with Gasteiger partial charge in [-0.2, -0.15) is 0 Å². The Hall–Kier alpha value is -1.14. The molecule has 0 aliphatic carbocycles. The van der Waals surface area contributed by atoms with E-state index < -0.39 is 0 Å². The van der Waals surface area contributed by atoms with Gasteiger partial charge < -0.3 is 15.2 Å². The van der Waals surface area contributed by atoms with Crippen LogP contribution < -0.4 is 5.73 Å². The van der Waals surface area contributed by atoms with Gasteiger partial charge in [0.2, 0.25) is 0 Å². The molecule has 1 heterocycles. The third kappa shape index (κ3) is 26.8. The van der Waals surface area contributed by atoms with Gasteiger partial charge in [-0.05, 0) is 110 Å². The molecule has 1 aliphatic rings. The van der Waals surface area contributed by atoms with E-state index in [1.54, 1.807) is 0 Å². The maximum Gasteiger partial charge on any atom is 0.308 e. The Morgan fingerprint density at radius 2 is 0.875 bits per heavy atom. The molecule has 1 aliphatic heterocycles. The van der Waals surface area contributed by atoms with E-state index in [0.29, 0.717) is 13.2 Å². The molecule has 0 saturated carbocycles. The summed E-state index contributed by atoms with van der Waals surface area (Å²) in [6.07, 6.45) is 42.9. The van der Waals surface area contributed by atoms with Crippen molar-refractivity contribution in [1.29, 1.82) is 0 Å². The van der Waals surface area contributed by atoms with Crippen LogP contribution in [0.1, 0.15) is 259 Å². The first-order chi connectivity index (χ1) is 27.5. The van der Waals surface area contributed by atoms with Crippen molar-refractivity contribution in [3.63, 3.8) is 0 Å². The lowest BCUT2D eigenvalue weighted by Crippen LogP contribution is -2.44. The zero-order valence-electron chi connectivity index (χ0n) is 38.3. The predicted octanol–water partition coefficient (Wildman–Crippen LogP) is 14.4. The highest BCUT2D eigenvalue weighted by Gasteiger charge is 2.39. The van der Waals surface area contributed by atoms with E-state index in [9.17, 15) is 9.59 Å². The van der Waals surface area contributed by atoms with Crippen LogP contribution in [0.25, 0.3) is 0 Å². The largest absolute Gasteiger partial charge is 0.465 e. The van der Waals surface area contributed by atoms with E-state index in [4.69, 9.17) is 15.2 Å². The fourth-order valence-electron chi connectivity index (χ4n) is 9.27. The SMILES string of the molecule is CCCCCCCCC(CCCCCC)C(=O)OCCCCCC1(CCCCCOC(=O)C(CCCCCC)CCCCCCCC)CCCN1CCCCN. The highest BCUT2D eigenvalue weighted by Crippen LogP contribution is 2.39. The number of esters is 2. The molecule has 1 fully saturated rings. The molecule has 0 aromatic carbocycles. The second-order valence-electron chi connectivity index (χ2n) is 18.0. The number of ether oxygens (including phenoxy) is 2. The number of unbranched alkanes of at least 4 members (excludes halogenated alkanes) is 21. The monoisotopic (exact) mass is 791 g/mol. The highest BCUT2D eigenvalue weighted by molar-refractivity contribution is 5.72. The molecule has 2 atom stereocenters. The molecule has 2 unspecified atom stereocenters. The number of nitrogens with zero attached hydrogens (tertiary/aromatic N) is 1. The Labute approximate surface area is 349 Å². The molecule has 56 heavy (non-hydrogen) atoms. The molecule has 6 nitrogen and oxygen atoms in total. The van der Waals surface area contributed by atoms with Gasteiger partial charge in [0.05, 0.1) is 25.0 Å². The zero-order valence-corrected chi connectivity index (χ0v) is 38.3. The van der Waals surface area contributed by atoms with E-state index in [1.807, 2.05) is 0 Å². The molecule has 1 rings (SSSR count). The van der Waals surface area contributed by atoms with E-state index in [-0.39, 0.29) is 29.3 Å². The summed E-state index contributed by atoms with van der Waals surface area (Å²) in [5, 5.41) is 0. The van der Waals surface area contributed by atoms with E-state index in [2.05, 4.69) is 32.6 Å². The summed E-state index contributed by atoms with van der Waals surface area (Å²) < 4.78 is 11.9. The molecule has 0 aromatic heterocycles. The Morgan fingerprint density at radius 3 is 1.29 bits per heavy atom. The summed E-state index contributed by atoms with van der Waals surface area (Å²) in [5.74, 6) is 0.318. The summed E-state index contributed by atoms with van der Waals surface area (Å²) in [6, 6.07) is 0. The van der Waals surface area contributed by atoms with Gasteiger partial charge in [0.1, 0.15) is 0 Å². The van der Waals surface area contributed by atoms with Gasteiger partial charge in [0, 0.05) is 5.54 Å². The fourth-order valence-corrected chi connectivity index (χ4v) is 9.27. The Morgan fingerprint density at radius 1 is 0.500 bits per heavy atom. The molecule has 0 bridgehead atoms. The average Bonchev–Trinajstić information content (AvgIpc) is 3.60. The van der Waals surface area contributed by atoms with Crippen molar-refractivity contribution >= 4 is 11.9 Å². The first-order valence-electron chi connectivity index (χ1n) is 25.3.